The lowest BCUT2D eigenvalue weighted by molar-refractivity contribution is 0.0158. The Kier molecular flexibility index (Phi) is 4.87. The topological polar surface area (TPSA) is 35.2 Å². The molecule has 0 amide bonds. The number of benzene rings is 1. The van der Waals surface area contributed by atoms with Crippen LogP contribution in [-0.4, -0.2) is 12.7 Å². The van der Waals surface area contributed by atoms with Crippen LogP contribution in [0.15, 0.2) is 24.3 Å². The summed E-state index contributed by atoms with van der Waals surface area (Å²) in [5, 5.41) is 0. The fourth-order valence-electron chi connectivity index (χ4n) is 3.02. The molecule has 1 fully saturated rings. The molecule has 20 heavy (non-hydrogen) atoms. The number of methoxy groups -OCH3 is 1. The number of aryl methyl sites for hydroxylation is 1. The maximum atomic E-state index is 6.58. The summed E-state index contributed by atoms with van der Waals surface area (Å²) in [7, 11) is 1.78. The molecule has 1 aliphatic carbocycles. The maximum absolute atomic E-state index is 6.58. The van der Waals surface area contributed by atoms with Crippen LogP contribution in [0, 0.1) is 0 Å². The number of hydrogen-bond donors (Lipinski definition) is 1. The highest BCUT2D eigenvalue weighted by molar-refractivity contribution is 5.29. The van der Waals surface area contributed by atoms with Crippen molar-refractivity contribution in [2.45, 2.75) is 69.9 Å². The van der Waals surface area contributed by atoms with Crippen LogP contribution in [-0.2, 0) is 16.7 Å². The van der Waals surface area contributed by atoms with Crippen molar-refractivity contribution < 1.29 is 4.74 Å². The Balaban J connectivity index is 1.99. The summed E-state index contributed by atoms with van der Waals surface area (Å²) >= 11 is 0. The van der Waals surface area contributed by atoms with E-state index in [9.17, 15) is 0 Å². The second-order valence-corrected chi connectivity index (χ2v) is 6.88. The third-order valence-corrected chi connectivity index (χ3v) is 4.84. The molecule has 2 N–H and O–H groups in total. The van der Waals surface area contributed by atoms with E-state index in [0.29, 0.717) is 0 Å². The summed E-state index contributed by atoms with van der Waals surface area (Å²) in [5.41, 5.74) is 9.14. The third kappa shape index (κ3) is 3.83. The second kappa shape index (κ2) is 6.28. The van der Waals surface area contributed by atoms with Gasteiger partial charge in [-0.1, -0.05) is 43.5 Å². The minimum Gasteiger partial charge on any atom is -0.379 e. The summed E-state index contributed by atoms with van der Waals surface area (Å²) in [6, 6.07) is 8.95. The van der Waals surface area contributed by atoms with Crippen LogP contribution in [0.2, 0.25) is 0 Å². The van der Waals surface area contributed by atoms with Gasteiger partial charge in [0.25, 0.3) is 0 Å². The van der Waals surface area contributed by atoms with Crippen molar-refractivity contribution in [2.24, 2.45) is 5.73 Å². The normalized spacial score (nSPS) is 19.0. The Morgan fingerprint density at radius 3 is 2.25 bits per heavy atom. The monoisotopic (exact) mass is 275 g/mol. The van der Waals surface area contributed by atoms with E-state index in [4.69, 9.17) is 10.5 Å². The molecule has 1 aromatic carbocycles. The van der Waals surface area contributed by atoms with E-state index in [1.165, 1.54) is 30.4 Å². The molecule has 0 saturated heterocycles. The molecular weight excluding hydrogens is 246 g/mol. The highest BCUT2D eigenvalue weighted by Crippen LogP contribution is 2.34. The molecule has 0 aromatic heterocycles. The lowest BCUT2D eigenvalue weighted by atomic mass is 9.77. The standard InChI is InChI=1S/C18H29NO/c1-17(2,20-3)14-11-15-7-9-16(10-8-15)18(19)12-5-4-6-13-18/h7-10H,4-6,11-14,19H2,1-3H3. The lowest BCUT2D eigenvalue weighted by Crippen LogP contribution is -2.38. The molecule has 0 heterocycles. The van der Waals surface area contributed by atoms with Crippen molar-refractivity contribution in [1.29, 1.82) is 0 Å². The van der Waals surface area contributed by atoms with E-state index in [0.717, 1.165) is 25.7 Å². The molecule has 0 unspecified atom stereocenters. The van der Waals surface area contributed by atoms with Gasteiger partial charge >= 0.3 is 0 Å². The Morgan fingerprint density at radius 1 is 1.10 bits per heavy atom. The molecule has 1 aromatic rings. The molecule has 2 nitrogen and oxygen atoms in total. The SMILES string of the molecule is COC(C)(C)CCc1ccc(C2(N)CCCCC2)cc1. The van der Waals surface area contributed by atoms with Crippen molar-refractivity contribution in [3.8, 4) is 0 Å². The van der Waals surface area contributed by atoms with E-state index in [1.54, 1.807) is 7.11 Å². The quantitative estimate of drug-likeness (QED) is 0.875. The van der Waals surface area contributed by atoms with Crippen LogP contribution >= 0.6 is 0 Å². The van der Waals surface area contributed by atoms with Crippen molar-refractivity contribution in [1.82, 2.24) is 0 Å². The molecule has 1 aliphatic rings. The van der Waals surface area contributed by atoms with E-state index < -0.39 is 0 Å². The van der Waals surface area contributed by atoms with Gasteiger partial charge in [0.2, 0.25) is 0 Å². The van der Waals surface area contributed by atoms with Crippen LogP contribution in [0.5, 0.6) is 0 Å². The maximum Gasteiger partial charge on any atom is 0.0625 e. The summed E-state index contributed by atoms with van der Waals surface area (Å²) in [6.45, 7) is 4.27. The number of nitrogens with two attached hydrogens (primary N) is 1. The molecule has 1 saturated carbocycles. The van der Waals surface area contributed by atoms with Gasteiger partial charge in [-0.3, -0.25) is 0 Å². The highest BCUT2D eigenvalue weighted by Gasteiger charge is 2.29. The van der Waals surface area contributed by atoms with Gasteiger partial charge in [-0.2, -0.15) is 0 Å². The Morgan fingerprint density at radius 2 is 1.70 bits per heavy atom. The van der Waals surface area contributed by atoms with E-state index >= 15 is 0 Å². The number of ether oxygens (including phenoxy) is 1. The second-order valence-electron chi connectivity index (χ2n) is 6.88. The fourth-order valence-corrected chi connectivity index (χ4v) is 3.02. The zero-order valence-corrected chi connectivity index (χ0v) is 13.2. The average Bonchev–Trinajstić information content (AvgIpc) is 2.47. The molecule has 0 bridgehead atoms. The van der Waals surface area contributed by atoms with Crippen molar-refractivity contribution in [2.75, 3.05) is 7.11 Å². The highest BCUT2D eigenvalue weighted by atomic mass is 16.5. The molecule has 112 valence electrons. The fraction of sp³-hybridized carbons (Fsp3) is 0.667. The smallest absolute Gasteiger partial charge is 0.0625 e. The van der Waals surface area contributed by atoms with E-state index in [-0.39, 0.29) is 11.1 Å². The van der Waals surface area contributed by atoms with Crippen LogP contribution in [0.1, 0.15) is 63.5 Å². The summed E-state index contributed by atoms with van der Waals surface area (Å²) < 4.78 is 5.47. The molecule has 0 spiro atoms. The molecular formula is C18H29NO. The van der Waals surface area contributed by atoms with Gasteiger partial charge < -0.3 is 10.5 Å². The largest absolute Gasteiger partial charge is 0.379 e. The van der Waals surface area contributed by atoms with Crippen molar-refractivity contribution >= 4 is 0 Å². The minimum absolute atomic E-state index is 0.0445. The van der Waals surface area contributed by atoms with E-state index in [1.807, 2.05) is 0 Å². The third-order valence-electron chi connectivity index (χ3n) is 4.84. The zero-order valence-electron chi connectivity index (χ0n) is 13.2. The molecule has 2 heteroatoms. The van der Waals surface area contributed by atoms with E-state index in [2.05, 4.69) is 38.1 Å². The summed E-state index contributed by atoms with van der Waals surface area (Å²) in [4.78, 5) is 0. The van der Waals surface area contributed by atoms with Gasteiger partial charge in [0.05, 0.1) is 5.60 Å². The van der Waals surface area contributed by atoms with Gasteiger partial charge in [0.15, 0.2) is 0 Å². The molecule has 2 rings (SSSR count). The number of rotatable bonds is 5. The molecule has 0 aliphatic heterocycles. The van der Waals surface area contributed by atoms with Gasteiger partial charge in [0, 0.05) is 12.6 Å². The first-order valence-corrected chi connectivity index (χ1v) is 7.89. The Bertz CT molecular complexity index is 416. The van der Waals surface area contributed by atoms with Crippen LogP contribution in [0.4, 0.5) is 0 Å². The minimum atomic E-state index is -0.0808. The van der Waals surface area contributed by atoms with Gasteiger partial charge in [-0.05, 0) is 50.7 Å². The van der Waals surface area contributed by atoms with Crippen molar-refractivity contribution in [3.05, 3.63) is 35.4 Å². The number of hydrogen-bond acceptors (Lipinski definition) is 2. The average molecular weight is 275 g/mol. The first-order chi connectivity index (χ1) is 9.45. The predicted molar refractivity (Wildman–Crippen MR) is 84.8 cm³/mol. The van der Waals surface area contributed by atoms with Gasteiger partial charge in [0.1, 0.15) is 0 Å². The van der Waals surface area contributed by atoms with Crippen LogP contribution in [0.25, 0.3) is 0 Å². The van der Waals surface area contributed by atoms with Gasteiger partial charge in [-0.15, -0.1) is 0 Å². The first kappa shape index (κ1) is 15.5. The lowest BCUT2D eigenvalue weighted by Gasteiger charge is -2.34. The summed E-state index contributed by atoms with van der Waals surface area (Å²) in [5.74, 6) is 0. The first-order valence-electron chi connectivity index (χ1n) is 7.89. The Labute approximate surface area is 123 Å². The summed E-state index contributed by atoms with van der Waals surface area (Å²) in [6.07, 6.45) is 8.21. The van der Waals surface area contributed by atoms with Crippen LogP contribution in [0.3, 0.4) is 0 Å². The van der Waals surface area contributed by atoms with Crippen LogP contribution < -0.4 is 5.73 Å². The molecule has 0 atom stereocenters. The molecule has 0 radical (unpaired) electrons. The Hall–Kier alpha value is -0.860. The zero-order chi connectivity index (χ0) is 14.6. The predicted octanol–water partition coefficient (Wildman–Crippen LogP) is 4.16. The van der Waals surface area contributed by atoms with Crippen molar-refractivity contribution in [3.63, 3.8) is 0 Å². The van der Waals surface area contributed by atoms with Gasteiger partial charge in [-0.25, -0.2) is 0 Å².